The number of benzene rings is 2. The van der Waals surface area contributed by atoms with Crippen LogP contribution < -0.4 is 15.5 Å². The molecule has 0 spiro atoms. The molecule has 4 rings (SSSR count). The van der Waals surface area contributed by atoms with Crippen LogP contribution >= 0.6 is 0 Å². The molecule has 0 bridgehead atoms. The first-order valence-electron chi connectivity index (χ1n) is 9.42. The van der Waals surface area contributed by atoms with Crippen LogP contribution in [0, 0.1) is 0 Å². The SMILES string of the molecule is Cn1cc(O)c(=O)cc1CNCc1cn(-c2ccc(Oc3ccccc3)cc2)nn1. The molecule has 0 saturated carbocycles. The van der Waals surface area contributed by atoms with Crippen LogP contribution in [0.25, 0.3) is 5.69 Å². The standard InChI is InChI=1S/C22H21N5O3/c1-26-15-22(29)21(28)11-18(26)13-23-12-16-14-27(25-24-16)17-7-9-20(10-8-17)30-19-5-3-2-4-6-19/h2-11,14-15,23,29H,12-13H2,1H3. The van der Waals surface area contributed by atoms with Crippen LogP contribution in [-0.4, -0.2) is 24.7 Å². The quantitative estimate of drug-likeness (QED) is 0.493. The first-order valence-corrected chi connectivity index (χ1v) is 9.42. The molecule has 2 aromatic carbocycles. The normalized spacial score (nSPS) is 10.8. The van der Waals surface area contributed by atoms with Crippen LogP contribution in [-0.2, 0) is 20.1 Å². The molecule has 0 radical (unpaired) electrons. The molecule has 0 fully saturated rings. The predicted molar refractivity (Wildman–Crippen MR) is 112 cm³/mol. The number of rotatable bonds is 7. The highest BCUT2D eigenvalue weighted by Gasteiger charge is 2.06. The minimum atomic E-state index is -0.393. The Morgan fingerprint density at radius 3 is 2.50 bits per heavy atom. The Morgan fingerprint density at radius 2 is 1.73 bits per heavy atom. The topological polar surface area (TPSA) is 94.2 Å². The molecule has 0 atom stereocenters. The molecule has 2 aromatic heterocycles. The van der Waals surface area contributed by atoms with Crippen molar-refractivity contribution in [3.63, 3.8) is 0 Å². The highest BCUT2D eigenvalue weighted by molar-refractivity contribution is 5.39. The summed E-state index contributed by atoms with van der Waals surface area (Å²) in [6, 6.07) is 18.6. The van der Waals surface area contributed by atoms with Crippen molar-refractivity contribution in [2.24, 2.45) is 7.05 Å². The van der Waals surface area contributed by atoms with Crippen molar-refractivity contribution in [3.8, 4) is 22.9 Å². The summed E-state index contributed by atoms with van der Waals surface area (Å²) in [5, 5.41) is 21.0. The maximum atomic E-state index is 11.6. The number of pyridine rings is 1. The maximum Gasteiger partial charge on any atom is 0.223 e. The number of hydrogen-bond donors (Lipinski definition) is 2. The molecular formula is C22H21N5O3. The van der Waals surface area contributed by atoms with Gasteiger partial charge in [-0.05, 0) is 36.4 Å². The minimum Gasteiger partial charge on any atom is -0.503 e. The van der Waals surface area contributed by atoms with Crippen molar-refractivity contribution in [2.75, 3.05) is 0 Å². The van der Waals surface area contributed by atoms with Gasteiger partial charge in [0.2, 0.25) is 5.43 Å². The van der Waals surface area contributed by atoms with Crippen LogP contribution in [0.3, 0.4) is 0 Å². The van der Waals surface area contributed by atoms with Gasteiger partial charge in [-0.15, -0.1) is 5.10 Å². The fraction of sp³-hybridized carbons (Fsp3) is 0.136. The number of ether oxygens (including phenoxy) is 1. The van der Waals surface area contributed by atoms with Crippen molar-refractivity contribution >= 4 is 0 Å². The number of aromatic hydroxyl groups is 1. The van der Waals surface area contributed by atoms with E-state index in [9.17, 15) is 9.90 Å². The number of nitrogens with one attached hydrogen (secondary N) is 1. The van der Waals surface area contributed by atoms with Crippen molar-refractivity contribution < 1.29 is 9.84 Å². The Labute approximate surface area is 173 Å². The fourth-order valence-electron chi connectivity index (χ4n) is 2.95. The third-order valence-electron chi connectivity index (χ3n) is 4.55. The molecule has 2 N–H and O–H groups in total. The lowest BCUT2D eigenvalue weighted by Gasteiger charge is -2.09. The third kappa shape index (κ3) is 4.56. The molecule has 8 heteroatoms. The smallest absolute Gasteiger partial charge is 0.223 e. The zero-order chi connectivity index (χ0) is 20.9. The van der Waals surface area contributed by atoms with E-state index < -0.39 is 5.43 Å². The number of aromatic nitrogens is 4. The minimum absolute atomic E-state index is 0.260. The van der Waals surface area contributed by atoms with Gasteiger partial charge >= 0.3 is 0 Å². The third-order valence-corrected chi connectivity index (χ3v) is 4.55. The van der Waals surface area contributed by atoms with Gasteiger partial charge in [0.1, 0.15) is 11.5 Å². The zero-order valence-electron chi connectivity index (χ0n) is 16.4. The van der Waals surface area contributed by atoms with E-state index in [4.69, 9.17) is 4.74 Å². The van der Waals surface area contributed by atoms with Crippen LogP contribution in [0.4, 0.5) is 0 Å². The Hall–Kier alpha value is -3.91. The van der Waals surface area contributed by atoms with Gasteiger partial charge in [-0.2, -0.15) is 0 Å². The molecule has 0 aliphatic heterocycles. The molecule has 30 heavy (non-hydrogen) atoms. The molecule has 0 amide bonds. The van der Waals surface area contributed by atoms with E-state index >= 15 is 0 Å². The predicted octanol–water partition coefficient (Wildman–Crippen LogP) is 2.75. The van der Waals surface area contributed by atoms with Gasteiger partial charge in [-0.25, -0.2) is 4.68 Å². The summed E-state index contributed by atoms with van der Waals surface area (Å²) < 4.78 is 9.20. The number of aryl methyl sites for hydroxylation is 1. The summed E-state index contributed by atoms with van der Waals surface area (Å²) in [5.74, 6) is 1.27. The van der Waals surface area contributed by atoms with Gasteiger partial charge < -0.3 is 19.7 Å². The number of hydrogen-bond acceptors (Lipinski definition) is 6. The van der Waals surface area contributed by atoms with Crippen molar-refractivity contribution in [1.82, 2.24) is 24.9 Å². The van der Waals surface area contributed by atoms with E-state index in [1.54, 1.807) is 16.3 Å². The highest BCUT2D eigenvalue weighted by atomic mass is 16.5. The lowest BCUT2D eigenvalue weighted by atomic mass is 10.3. The Balaban J connectivity index is 1.36. The van der Waals surface area contributed by atoms with E-state index in [2.05, 4.69) is 15.6 Å². The molecule has 152 valence electrons. The summed E-state index contributed by atoms with van der Waals surface area (Å²) in [5.41, 5.74) is 2.01. The fourth-order valence-corrected chi connectivity index (χ4v) is 2.95. The van der Waals surface area contributed by atoms with Crippen LogP contribution in [0.5, 0.6) is 17.2 Å². The second kappa shape index (κ2) is 8.62. The average molecular weight is 403 g/mol. The van der Waals surface area contributed by atoms with Gasteiger partial charge in [0.15, 0.2) is 5.75 Å². The van der Waals surface area contributed by atoms with E-state index in [0.717, 1.165) is 28.6 Å². The van der Waals surface area contributed by atoms with E-state index in [-0.39, 0.29) is 5.75 Å². The molecular weight excluding hydrogens is 382 g/mol. The van der Waals surface area contributed by atoms with E-state index in [1.165, 1.54) is 12.3 Å². The number of nitrogens with zero attached hydrogens (tertiary/aromatic N) is 4. The summed E-state index contributed by atoms with van der Waals surface area (Å²) in [4.78, 5) is 11.6. The molecule has 0 aliphatic carbocycles. The summed E-state index contributed by atoms with van der Waals surface area (Å²) in [6.45, 7) is 0.953. The van der Waals surface area contributed by atoms with Crippen LogP contribution in [0.15, 0.2) is 77.9 Å². The Bertz CT molecular complexity index is 1180. The summed E-state index contributed by atoms with van der Waals surface area (Å²) in [7, 11) is 1.78. The second-order valence-electron chi connectivity index (χ2n) is 6.79. The zero-order valence-corrected chi connectivity index (χ0v) is 16.4. The summed E-state index contributed by atoms with van der Waals surface area (Å²) in [6.07, 6.45) is 3.25. The molecule has 8 nitrogen and oxygen atoms in total. The Morgan fingerprint density at radius 1 is 1.00 bits per heavy atom. The number of para-hydroxylation sites is 1. The molecule has 0 saturated heterocycles. The molecule has 0 aliphatic rings. The first-order chi connectivity index (χ1) is 14.6. The Kier molecular flexibility index (Phi) is 5.58. The first kappa shape index (κ1) is 19.4. The molecule has 0 unspecified atom stereocenters. The van der Waals surface area contributed by atoms with Crippen molar-refractivity contribution in [1.29, 1.82) is 0 Å². The average Bonchev–Trinajstić information content (AvgIpc) is 3.22. The molecule has 2 heterocycles. The summed E-state index contributed by atoms with van der Waals surface area (Å²) >= 11 is 0. The molecule has 4 aromatic rings. The monoisotopic (exact) mass is 403 g/mol. The van der Waals surface area contributed by atoms with Crippen LogP contribution in [0.2, 0.25) is 0 Å². The van der Waals surface area contributed by atoms with Crippen LogP contribution in [0.1, 0.15) is 11.4 Å². The largest absolute Gasteiger partial charge is 0.503 e. The van der Waals surface area contributed by atoms with Gasteiger partial charge in [-0.1, -0.05) is 23.4 Å². The van der Waals surface area contributed by atoms with Gasteiger partial charge in [0.05, 0.1) is 17.6 Å². The maximum absolute atomic E-state index is 11.6. The lowest BCUT2D eigenvalue weighted by Crippen LogP contribution is -2.18. The lowest BCUT2D eigenvalue weighted by molar-refractivity contribution is 0.461. The second-order valence-corrected chi connectivity index (χ2v) is 6.79. The van der Waals surface area contributed by atoms with Gasteiger partial charge in [0.25, 0.3) is 0 Å². The van der Waals surface area contributed by atoms with Gasteiger partial charge in [-0.3, -0.25) is 4.79 Å². The van der Waals surface area contributed by atoms with Crippen molar-refractivity contribution in [3.05, 3.63) is 94.7 Å². The van der Waals surface area contributed by atoms with E-state index in [0.29, 0.717) is 13.1 Å². The van der Waals surface area contributed by atoms with Gasteiger partial charge in [0, 0.05) is 38.1 Å². The van der Waals surface area contributed by atoms with Crippen molar-refractivity contribution in [2.45, 2.75) is 13.1 Å². The highest BCUT2D eigenvalue weighted by Crippen LogP contribution is 2.22. The van der Waals surface area contributed by atoms with E-state index in [1.807, 2.05) is 60.8 Å².